The van der Waals surface area contributed by atoms with E-state index in [1.165, 1.54) is 4.90 Å². The SMILES string of the molecule is CC(C)NC(=O)C1CC(O)CN1C(=O)C(n1cc(C2CC2)nn1)C(C)(C)C. The lowest BCUT2D eigenvalue weighted by Gasteiger charge is -2.34. The number of aromatic nitrogens is 3. The van der Waals surface area contributed by atoms with E-state index in [2.05, 4.69) is 15.6 Å². The topological polar surface area (TPSA) is 100 Å². The number of rotatable bonds is 5. The maximum Gasteiger partial charge on any atom is 0.248 e. The fraction of sp³-hybridized carbons (Fsp3) is 0.789. The highest BCUT2D eigenvalue weighted by atomic mass is 16.3. The lowest BCUT2D eigenvalue weighted by Crippen LogP contribution is -2.51. The van der Waals surface area contributed by atoms with E-state index in [0.29, 0.717) is 5.92 Å². The summed E-state index contributed by atoms with van der Waals surface area (Å²) >= 11 is 0. The van der Waals surface area contributed by atoms with Crippen LogP contribution >= 0.6 is 0 Å². The van der Waals surface area contributed by atoms with E-state index in [9.17, 15) is 14.7 Å². The molecule has 1 aliphatic heterocycles. The van der Waals surface area contributed by atoms with Crippen molar-refractivity contribution in [3.05, 3.63) is 11.9 Å². The molecule has 1 saturated heterocycles. The molecule has 2 N–H and O–H groups in total. The summed E-state index contributed by atoms with van der Waals surface area (Å²) in [5, 5.41) is 21.5. The molecule has 0 spiro atoms. The molecule has 0 aromatic carbocycles. The van der Waals surface area contributed by atoms with E-state index in [-0.39, 0.29) is 30.8 Å². The Bertz CT molecular complexity index is 704. The summed E-state index contributed by atoms with van der Waals surface area (Å²) in [7, 11) is 0. The number of β-amino-alcohol motifs (C(OH)–C–C–N with tert-alkyl or cyclic N) is 1. The molecule has 1 saturated carbocycles. The molecule has 2 fully saturated rings. The first kappa shape index (κ1) is 19.8. The van der Waals surface area contributed by atoms with Crippen molar-refractivity contribution in [2.75, 3.05) is 6.54 Å². The number of hydrogen-bond acceptors (Lipinski definition) is 5. The minimum Gasteiger partial charge on any atom is -0.391 e. The number of nitrogens with zero attached hydrogens (tertiary/aromatic N) is 4. The molecule has 1 aliphatic carbocycles. The molecule has 2 amide bonds. The Morgan fingerprint density at radius 1 is 1.30 bits per heavy atom. The zero-order valence-corrected chi connectivity index (χ0v) is 16.8. The summed E-state index contributed by atoms with van der Waals surface area (Å²) in [5.74, 6) is 0.0302. The van der Waals surface area contributed by atoms with Crippen LogP contribution in [0.2, 0.25) is 0 Å². The van der Waals surface area contributed by atoms with E-state index in [1.54, 1.807) is 4.68 Å². The summed E-state index contributed by atoms with van der Waals surface area (Å²) in [5.41, 5.74) is 0.505. The number of likely N-dealkylation sites (tertiary alicyclic amines) is 1. The molecule has 1 aromatic heterocycles. The maximum atomic E-state index is 13.5. The van der Waals surface area contributed by atoms with E-state index >= 15 is 0 Å². The third-order valence-electron chi connectivity index (χ3n) is 5.14. The molecule has 1 aromatic rings. The van der Waals surface area contributed by atoms with Gasteiger partial charge in [-0.15, -0.1) is 5.10 Å². The summed E-state index contributed by atoms with van der Waals surface area (Å²) in [6.45, 7) is 9.84. The molecule has 3 rings (SSSR count). The smallest absolute Gasteiger partial charge is 0.248 e. The van der Waals surface area contributed by atoms with E-state index in [1.807, 2.05) is 40.8 Å². The Morgan fingerprint density at radius 3 is 2.52 bits per heavy atom. The molecule has 0 radical (unpaired) electrons. The van der Waals surface area contributed by atoms with Crippen LogP contribution in [0.15, 0.2) is 6.20 Å². The minimum atomic E-state index is -0.699. The molecule has 8 nitrogen and oxygen atoms in total. The highest BCUT2D eigenvalue weighted by Crippen LogP contribution is 2.40. The monoisotopic (exact) mass is 377 g/mol. The zero-order valence-electron chi connectivity index (χ0n) is 16.8. The molecule has 2 aliphatic rings. The molecule has 150 valence electrons. The first-order valence-corrected chi connectivity index (χ1v) is 9.78. The number of carbonyl (C=O) groups excluding carboxylic acids is 2. The van der Waals surface area contributed by atoms with Crippen LogP contribution in [0, 0.1) is 5.41 Å². The Hall–Kier alpha value is -1.96. The average molecular weight is 377 g/mol. The van der Waals surface area contributed by atoms with Gasteiger partial charge in [0.1, 0.15) is 12.1 Å². The standard InChI is InChI=1S/C19H31N5O3/c1-11(2)20-17(26)15-8-13(25)9-23(15)18(27)16(19(3,4)5)24-10-14(21-22-24)12-6-7-12/h10-13,15-16,25H,6-9H2,1-5H3,(H,20,26). The largest absolute Gasteiger partial charge is 0.391 e. The van der Waals surface area contributed by atoms with Gasteiger partial charge in [-0.1, -0.05) is 26.0 Å². The molecule has 3 atom stereocenters. The van der Waals surface area contributed by atoms with Crippen LogP contribution in [-0.4, -0.2) is 61.5 Å². The van der Waals surface area contributed by atoms with Crippen molar-refractivity contribution in [3.63, 3.8) is 0 Å². The normalized spacial score (nSPS) is 24.3. The van der Waals surface area contributed by atoms with Gasteiger partial charge in [0.2, 0.25) is 11.8 Å². The van der Waals surface area contributed by atoms with E-state index in [0.717, 1.165) is 18.5 Å². The molecule has 27 heavy (non-hydrogen) atoms. The predicted molar refractivity (Wildman–Crippen MR) is 99.9 cm³/mol. The number of amides is 2. The summed E-state index contributed by atoms with van der Waals surface area (Å²) in [6, 6.07) is -1.27. The average Bonchev–Trinajstić information content (AvgIpc) is 3.14. The van der Waals surface area contributed by atoms with Crippen molar-refractivity contribution >= 4 is 11.8 Å². The first-order chi connectivity index (χ1) is 12.6. The summed E-state index contributed by atoms with van der Waals surface area (Å²) < 4.78 is 1.64. The molecular formula is C19H31N5O3. The highest BCUT2D eigenvalue weighted by molar-refractivity contribution is 5.90. The van der Waals surface area contributed by atoms with Gasteiger partial charge < -0.3 is 15.3 Å². The van der Waals surface area contributed by atoms with E-state index in [4.69, 9.17) is 0 Å². The van der Waals surface area contributed by atoms with E-state index < -0.39 is 23.6 Å². The summed E-state index contributed by atoms with van der Waals surface area (Å²) in [6.07, 6.45) is 3.65. The van der Waals surface area contributed by atoms with Crippen molar-refractivity contribution in [3.8, 4) is 0 Å². The van der Waals surface area contributed by atoms with Gasteiger partial charge in [-0.2, -0.15) is 0 Å². The lowest BCUT2D eigenvalue weighted by molar-refractivity contribution is -0.144. The Kier molecular flexibility index (Phi) is 5.29. The van der Waals surface area contributed by atoms with Gasteiger partial charge in [-0.25, -0.2) is 4.68 Å². The Labute approximate surface area is 160 Å². The number of aliphatic hydroxyl groups excluding tert-OH is 1. The van der Waals surface area contributed by atoms with Crippen LogP contribution in [-0.2, 0) is 9.59 Å². The van der Waals surface area contributed by atoms with Gasteiger partial charge >= 0.3 is 0 Å². The van der Waals surface area contributed by atoms with Gasteiger partial charge in [0.15, 0.2) is 0 Å². The zero-order chi connectivity index (χ0) is 19.9. The van der Waals surface area contributed by atoms with Crippen molar-refractivity contribution in [1.29, 1.82) is 0 Å². The van der Waals surface area contributed by atoms with Crippen molar-refractivity contribution < 1.29 is 14.7 Å². The van der Waals surface area contributed by atoms with Gasteiger partial charge in [-0.05, 0) is 32.1 Å². The van der Waals surface area contributed by atoms with Crippen molar-refractivity contribution in [2.45, 2.75) is 84.0 Å². The Morgan fingerprint density at radius 2 is 1.96 bits per heavy atom. The van der Waals surface area contributed by atoms with Crippen LogP contribution in [0.1, 0.15) is 71.5 Å². The first-order valence-electron chi connectivity index (χ1n) is 9.78. The summed E-state index contributed by atoms with van der Waals surface area (Å²) in [4.78, 5) is 27.6. The van der Waals surface area contributed by atoms with Gasteiger partial charge in [0.05, 0.1) is 11.8 Å². The Balaban J connectivity index is 1.86. The van der Waals surface area contributed by atoms with Crippen LogP contribution in [0.5, 0.6) is 0 Å². The quantitative estimate of drug-likeness (QED) is 0.804. The third-order valence-corrected chi connectivity index (χ3v) is 5.14. The number of aliphatic hydroxyl groups is 1. The predicted octanol–water partition coefficient (Wildman–Crippen LogP) is 1.23. The van der Waals surface area contributed by atoms with Crippen molar-refractivity contribution in [1.82, 2.24) is 25.2 Å². The van der Waals surface area contributed by atoms with Gasteiger partial charge in [-0.3, -0.25) is 9.59 Å². The van der Waals surface area contributed by atoms with Crippen LogP contribution in [0.3, 0.4) is 0 Å². The second-order valence-corrected chi connectivity index (χ2v) is 9.23. The number of hydrogen-bond donors (Lipinski definition) is 2. The molecule has 8 heteroatoms. The molecule has 0 bridgehead atoms. The fourth-order valence-electron chi connectivity index (χ4n) is 3.71. The second kappa shape index (κ2) is 7.22. The van der Waals surface area contributed by atoms with Crippen LogP contribution in [0.25, 0.3) is 0 Å². The van der Waals surface area contributed by atoms with Crippen LogP contribution in [0.4, 0.5) is 0 Å². The third kappa shape index (κ3) is 4.31. The van der Waals surface area contributed by atoms with Gasteiger partial charge in [0.25, 0.3) is 0 Å². The highest BCUT2D eigenvalue weighted by Gasteiger charge is 2.45. The van der Waals surface area contributed by atoms with Gasteiger partial charge in [0, 0.05) is 31.1 Å². The molecule has 3 unspecified atom stereocenters. The molecular weight excluding hydrogens is 346 g/mol. The fourth-order valence-corrected chi connectivity index (χ4v) is 3.71. The van der Waals surface area contributed by atoms with Crippen LogP contribution < -0.4 is 5.32 Å². The van der Waals surface area contributed by atoms with Crippen molar-refractivity contribution in [2.24, 2.45) is 5.41 Å². The lowest BCUT2D eigenvalue weighted by atomic mass is 9.85. The maximum absolute atomic E-state index is 13.5. The number of nitrogens with one attached hydrogen (secondary N) is 1. The minimum absolute atomic E-state index is 0.0259. The molecule has 2 heterocycles. The number of carbonyl (C=O) groups is 2. The second-order valence-electron chi connectivity index (χ2n) is 9.23.